The average molecular weight is 379 g/mol. The van der Waals surface area contributed by atoms with Gasteiger partial charge >= 0.3 is 17.8 Å². The van der Waals surface area contributed by atoms with Crippen LogP contribution in [-0.2, 0) is 14.8 Å². The second kappa shape index (κ2) is 5.59. The lowest BCUT2D eigenvalue weighted by Crippen LogP contribution is -2.34. The molecule has 0 bridgehead atoms. The lowest BCUT2D eigenvalue weighted by Gasteiger charge is -2.18. The van der Waals surface area contributed by atoms with Crippen LogP contribution in [-0.4, -0.2) is 53.0 Å². The molecule has 3 rings (SSSR count). The molecule has 12 heteroatoms. The summed E-state index contributed by atoms with van der Waals surface area (Å²) in [7, 11) is -4.35. The van der Waals surface area contributed by atoms with Gasteiger partial charge in [0, 0.05) is 13.1 Å². The van der Waals surface area contributed by atoms with Crippen molar-refractivity contribution in [3.05, 3.63) is 28.7 Å². The van der Waals surface area contributed by atoms with Gasteiger partial charge in [-0.15, -0.1) is 0 Å². The molecule has 2 atom stereocenters. The fourth-order valence-corrected chi connectivity index (χ4v) is 4.39. The summed E-state index contributed by atoms with van der Waals surface area (Å²) in [6.07, 6.45) is -4.83. The molecule has 136 valence electrons. The molecule has 25 heavy (non-hydrogen) atoms. The van der Waals surface area contributed by atoms with E-state index < -0.39 is 52.8 Å². The van der Waals surface area contributed by atoms with Crippen molar-refractivity contribution in [1.29, 1.82) is 0 Å². The highest BCUT2D eigenvalue weighted by atomic mass is 32.2. The summed E-state index contributed by atoms with van der Waals surface area (Å²) < 4.78 is 64.7. The van der Waals surface area contributed by atoms with Gasteiger partial charge in [-0.1, -0.05) is 0 Å². The molecule has 1 aliphatic rings. The third kappa shape index (κ3) is 3.02. The Labute approximate surface area is 138 Å². The Morgan fingerprint density at radius 2 is 1.84 bits per heavy atom. The van der Waals surface area contributed by atoms with Crippen molar-refractivity contribution in [1.82, 2.24) is 14.3 Å². The molecule has 2 aromatic rings. The van der Waals surface area contributed by atoms with Gasteiger partial charge < -0.3 is 15.1 Å². The van der Waals surface area contributed by atoms with Crippen LogP contribution in [0.1, 0.15) is 0 Å². The maximum Gasteiger partial charge on any atom is 0.393 e. The number of carboxylic acids is 1. The number of carbonyl (C=O) groups is 1. The summed E-state index contributed by atoms with van der Waals surface area (Å²) in [6.45, 7) is -1.74. The van der Waals surface area contributed by atoms with Crippen LogP contribution in [0.2, 0.25) is 0 Å². The average Bonchev–Trinajstić information content (AvgIpc) is 3.08. The van der Waals surface area contributed by atoms with Crippen LogP contribution in [0.25, 0.3) is 11.0 Å². The minimum Gasteiger partial charge on any atom is -0.481 e. The predicted molar refractivity (Wildman–Crippen MR) is 78.3 cm³/mol. The first-order chi connectivity index (χ1) is 11.5. The van der Waals surface area contributed by atoms with Crippen LogP contribution in [0.4, 0.5) is 13.2 Å². The van der Waals surface area contributed by atoms with E-state index in [-0.39, 0.29) is 10.4 Å². The number of benzene rings is 1. The second-order valence-corrected chi connectivity index (χ2v) is 7.64. The Bertz CT molecular complexity index is 994. The van der Waals surface area contributed by atoms with Crippen molar-refractivity contribution in [3.8, 4) is 0 Å². The van der Waals surface area contributed by atoms with Gasteiger partial charge in [0.05, 0.1) is 27.8 Å². The van der Waals surface area contributed by atoms with Crippen molar-refractivity contribution in [2.45, 2.75) is 11.1 Å². The van der Waals surface area contributed by atoms with Crippen LogP contribution in [0.3, 0.4) is 0 Å². The van der Waals surface area contributed by atoms with Crippen molar-refractivity contribution < 1.29 is 31.5 Å². The molecule has 1 aromatic heterocycles. The molecule has 0 spiro atoms. The van der Waals surface area contributed by atoms with Crippen LogP contribution in [0, 0.1) is 11.8 Å². The molecule has 0 radical (unpaired) electrons. The summed E-state index contributed by atoms with van der Waals surface area (Å²) in [5.74, 6) is -5.86. The minimum absolute atomic E-state index is 0.174. The van der Waals surface area contributed by atoms with Crippen LogP contribution in [0.5, 0.6) is 0 Å². The van der Waals surface area contributed by atoms with E-state index in [2.05, 4.69) is 9.97 Å². The Balaban J connectivity index is 1.98. The maximum atomic E-state index is 13.0. The number of sulfonamides is 1. The Kier molecular flexibility index (Phi) is 3.91. The van der Waals surface area contributed by atoms with Gasteiger partial charge in [-0.05, 0) is 18.2 Å². The van der Waals surface area contributed by atoms with Gasteiger partial charge in [0.25, 0.3) is 0 Å². The number of nitrogens with zero attached hydrogens (tertiary/aromatic N) is 1. The molecule has 0 aliphatic carbocycles. The zero-order chi connectivity index (χ0) is 18.6. The zero-order valence-corrected chi connectivity index (χ0v) is 13.2. The van der Waals surface area contributed by atoms with E-state index in [9.17, 15) is 31.2 Å². The molecule has 3 N–H and O–H groups in total. The molecule has 0 amide bonds. The van der Waals surface area contributed by atoms with Crippen molar-refractivity contribution >= 4 is 27.0 Å². The molecular formula is C13H12F3N3O5S. The van der Waals surface area contributed by atoms with Gasteiger partial charge in [-0.3, -0.25) is 4.79 Å². The van der Waals surface area contributed by atoms with Gasteiger partial charge in [0.15, 0.2) is 0 Å². The smallest absolute Gasteiger partial charge is 0.393 e. The first-order valence-corrected chi connectivity index (χ1v) is 8.46. The largest absolute Gasteiger partial charge is 0.481 e. The molecular weight excluding hydrogens is 367 g/mol. The van der Waals surface area contributed by atoms with E-state index in [1.54, 1.807) is 0 Å². The topological polar surface area (TPSA) is 123 Å². The highest BCUT2D eigenvalue weighted by Crippen LogP contribution is 2.39. The predicted octanol–water partition coefficient (Wildman–Crippen LogP) is 0.740. The monoisotopic (exact) mass is 379 g/mol. The molecule has 0 unspecified atom stereocenters. The quantitative estimate of drug-likeness (QED) is 0.726. The minimum atomic E-state index is -4.83. The van der Waals surface area contributed by atoms with Gasteiger partial charge in [-0.25, -0.2) is 13.2 Å². The number of aromatic amines is 2. The van der Waals surface area contributed by atoms with E-state index in [4.69, 9.17) is 5.11 Å². The lowest BCUT2D eigenvalue weighted by atomic mass is 9.96. The van der Waals surface area contributed by atoms with Gasteiger partial charge in [-0.2, -0.15) is 17.5 Å². The van der Waals surface area contributed by atoms with E-state index >= 15 is 0 Å². The van der Waals surface area contributed by atoms with Crippen molar-refractivity contribution in [2.24, 2.45) is 11.8 Å². The number of alkyl halides is 3. The second-order valence-electron chi connectivity index (χ2n) is 5.70. The van der Waals surface area contributed by atoms with E-state index in [1.165, 1.54) is 6.07 Å². The SMILES string of the molecule is O=C(O)[C@@H]1CN(S(=O)(=O)c2ccc3[nH]c(=O)[nH]c3c2)C[C@H]1C(F)(F)F. The fourth-order valence-electron chi connectivity index (χ4n) is 2.87. The number of hydrogen-bond donors (Lipinski definition) is 3. The number of rotatable bonds is 3. The van der Waals surface area contributed by atoms with Crippen molar-refractivity contribution in [3.63, 3.8) is 0 Å². The third-order valence-electron chi connectivity index (χ3n) is 4.15. The summed E-state index contributed by atoms with van der Waals surface area (Å²) in [6, 6.07) is 3.55. The summed E-state index contributed by atoms with van der Waals surface area (Å²) in [4.78, 5) is 26.7. The van der Waals surface area contributed by atoms with Crippen LogP contribution in [0.15, 0.2) is 27.9 Å². The molecule has 1 saturated heterocycles. The zero-order valence-electron chi connectivity index (χ0n) is 12.4. The fraction of sp³-hybridized carbons (Fsp3) is 0.385. The molecule has 1 aromatic carbocycles. The Morgan fingerprint density at radius 1 is 1.20 bits per heavy atom. The van der Waals surface area contributed by atoms with E-state index in [1.807, 2.05) is 0 Å². The molecule has 8 nitrogen and oxygen atoms in total. The normalized spacial score (nSPS) is 22.5. The van der Waals surface area contributed by atoms with E-state index in [0.29, 0.717) is 9.82 Å². The molecule has 1 aliphatic heterocycles. The first-order valence-electron chi connectivity index (χ1n) is 7.02. The molecule has 2 heterocycles. The summed E-state index contributed by atoms with van der Waals surface area (Å²) >= 11 is 0. The number of H-pyrrole nitrogens is 2. The Hall–Kier alpha value is -2.34. The number of nitrogens with one attached hydrogen (secondary N) is 2. The maximum absolute atomic E-state index is 13.0. The lowest BCUT2D eigenvalue weighted by molar-refractivity contribution is -0.187. The highest BCUT2D eigenvalue weighted by molar-refractivity contribution is 7.89. The number of imidazole rings is 1. The van der Waals surface area contributed by atoms with Crippen LogP contribution < -0.4 is 5.69 Å². The van der Waals surface area contributed by atoms with Gasteiger partial charge in [0.1, 0.15) is 0 Å². The first kappa shape index (κ1) is 17.5. The number of carboxylic acid groups (broad SMARTS) is 1. The molecule has 1 fully saturated rings. The standard InChI is InChI=1S/C13H12F3N3O5S/c14-13(15,16)8-5-19(4-7(8)11(20)21)25(23,24)6-1-2-9-10(3-6)18-12(22)17-9/h1-3,7-8H,4-5H2,(H,20,21)(H2,17,18,22)/t7-,8-/m1/s1. The summed E-state index contributed by atoms with van der Waals surface area (Å²) in [5.41, 5.74) is -0.0526. The number of aliphatic carboxylic acids is 1. The number of hydrogen-bond acceptors (Lipinski definition) is 4. The highest BCUT2D eigenvalue weighted by Gasteiger charge is 2.54. The van der Waals surface area contributed by atoms with E-state index in [0.717, 1.165) is 12.1 Å². The van der Waals surface area contributed by atoms with Crippen molar-refractivity contribution in [2.75, 3.05) is 13.1 Å². The van der Waals surface area contributed by atoms with Gasteiger partial charge in [0.2, 0.25) is 10.0 Å². The Morgan fingerprint density at radius 3 is 2.40 bits per heavy atom. The summed E-state index contributed by atoms with van der Waals surface area (Å²) in [5, 5.41) is 8.98. The number of halogens is 3. The number of aromatic nitrogens is 2. The number of fused-ring (bicyclic) bond motifs is 1. The van der Waals surface area contributed by atoms with Crippen LogP contribution >= 0.6 is 0 Å². The third-order valence-corrected chi connectivity index (χ3v) is 5.98. The molecule has 0 saturated carbocycles.